The smallest absolute Gasteiger partial charge is 0.168 e. The summed E-state index contributed by atoms with van der Waals surface area (Å²) in [6.07, 6.45) is 0. The van der Waals surface area contributed by atoms with Gasteiger partial charge in [-0.1, -0.05) is 66.2 Å². The predicted octanol–water partition coefficient (Wildman–Crippen LogP) is 7.72. The molecule has 168 valence electrons. The summed E-state index contributed by atoms with van der Waals surface area (Å²) in [6, 6.07) is 21.7. The van der Waals surface area contributed by atoms with E-state index in [0.29, 0.717) is 23.5 Å². The maximum absolute atomic E-state index is 14.9. The van der Waals surface area contributed by atoms with Gasteiger partial charge in [-0.25, -0.2) is 13.2 Å². The third-order valence-corrected chi connectivity index (χ3v) is 5.32. The van der Waals surface area contributed by atoms with Crippen LogP contribution in [-0.2, 0) is 6.61 Å². The number of benzene rings is 4. The number of rotatable bonds is 7. The fourth-order valence-electron chi connectivity index (χ4n) is 3.53. The van der Waals surface area contributed by atoms with Crippen LogP contribution in [0.25, 0.3) is 22.3 Å². The fourth-order valence-corrected chi connectivity index (χ4v) is 3.53. The second kappa shape index (κ2) is 9.82. The van der Waals surface area contributed by atoms with E-state index in [1.54, 1.807) is 54.6 Å². The van der Waals surface area contributed by atoms with Crippen LogP contribution in [0.15, 0.2) is 78.9 Å². The highest BCUT2D eigenvalue weighted by Crippen LogP contribution is 2.32. The number of hydrogen-bond acceptors (Lipinski definition) is 2. The lowest BCUT2D eigenvalue weighted by atomic mass is 9.98. The van der Waals surface area contributed by atoms with Crippen molar-refractivity contribution >= 4 is 0 Å². The molecule has 33 heavy (non-hydrogen) atoms. The van der Waals surface area contributed by atoms with Gasteiger partial charge >= 0.3 is 0 Å². The first-order valence-electron chi connectivity index (χ1n) is 10.7. The molecule has 0 aliphatic heterocycles. The molecule has 0 aromatic heterocycles. The number of ether oxygens (including phenoxy) is 2. The summed E-state index contributed by atoms with van der Waals surface area (Å²) >= 11 is 0. The summed E-state index contributed by atoms with van der Waals surface area (Å²) in [5.74, 6) is -1.73. The van der Waals surface area contributed by atoms with Crippen molar-refractivity contribution in [3.63, 3.8) is 0 Å². The molecule has 0 atom stereocenters. The molecular weight excluding hydrogens is 425 g/mol. The monoisotopic (exact) mass is 448 g/mol. The summed E-state index contributed by atoms with van der Waals surface area (Å²) in [7, 11) is 0. The van der Waals surface area contributed by atoms with Gasteiger partial charge in [0.25, 0.3) is 0 Å². The maximum atomic E-state index is 14.9. The predicted molar refractivity (Wildman–Crippen MR) is 124 cm³/mol. The van der Waals surface area contributed by atoms with Crippen molar-refractivity contribution in [2.24, 2.45) is 0 Å². The average molecular weight is 448 g/mol. The van der Waals surface area contributed by atoms with Crippen molar-refractivity contribution in [1.82, 2.24) is 0 Å². The molecule has 0 aliphatic rings. The van der Waals surface area contributed by atoms with Gasteiger partial charge in [-0.05, 0) is 42.7 Å². The Balaban J connectivity index is 1.49. The van der Waals surface area contributed by atoms with Gasteiger partial charge in [-0.15, -0.1) is 0 Å². The lowest BCUT2D eigenvalue weighted by Crippen LogP contribution is -1.99. The summed E-state index contributed by atoms with van der Waals surface area (Å²) in [5.41, 5.74) is 3.37. The Labute approximate surface area is 191 Å². The number of halogens is 3. The van der Waals surface area contributed by atoms with E-state index in [1.165, 1.54) is 12.1 Å². The van der Waals surface area contributed by atoms with E-state index in [-0.39, 0.29) is 23.5 Å². The van der Waals surface area contributed by atoms with Crippen molar-refractivity contribution in [3.8, 4) is 33.8 Å². The van der Waals surface area contributed by atoms with Gasteiger partial charge in [0.15, 0.2) is 23.2 Å². The minimum Gasteiger partial charge on any atom is -0.494 e. The number of aryl methyl sites for hydroxylation is 1. The molecule has 0 amide bonds. The molecule has 0 unspecified atom stereocenters. The van der Waals surface area contributed by atoms with Gasteiger partial charge in [0.2, 0.25) is 0 Å². The molecule has 5 heteroatoms. The summed E-state index contributed by atoms with van der Waals surface area (Å²) < 4.78 is 54.6. The molecule has 0 radical (unpaired) electrons. The minimum atomic E-state index is -0.895. The van der Waals surface area contributed by atoms with E-state index in [1.807, 2.05) is 26.0 Å². The van der Waals surface area contributed by atoms with Crippen LogP contribution in [0.4, 0.5) is 13.2 Å². The summed E-state index contributed by atoms with van der Waals surface area (Å²) in [5, 5.41) is 0. The highest BCUT2D eigenvalue weighted by Gasteiger charge is 2.16. The Bertz CT molecular complexity index is 1250. The Morgan fingerprint density at radius 3 is 1.79 bits per heavy atom. The lowest BCUT2D eigenvalue weighted by Gasteiger charge is -2.11. The Morgan fingerprint density at radius 2 is 1.24 bits per heavy atom. The molecule has 0 saturated heterocycles. The Morgan fingerprint density at radius 1 is 0.667 bits per heavy atom. The van der Waals surface area contributed by atoms with E-state index >= 15 is 0 Å². The van der Waals surface area contributed by atoms with Gasteiger partial charge in [0.1, 0.15) is 12.4 Å². The molecule has 4 aromatic carbocycles. The van der Waals surface area contributed by atoms with Crippen LogP contribution in [0.2, 0.25) is 0 Å². The highest BCUT2D eigenvalue weighted by molar-refractivity contribution is 5.72. The van der Waals surface area contributed by atoms with Crippen molar-refractivity contribution in [1.29, 1.82) is 0 Å². The zero-order chi connectivity index (χ0) is 23.4. The minimum absolute atomic E-state index is 0.113. The topological polar surface area (TPSA) is 18.5 Å². The Kier molecular flexibility index (Phi) is 6.68. The van der Waals surface area contributed by atoms with E-state index in [0.717, 1.165) is 11.1 Å². The van der Waals surface area contributed by atoms with Crippen LogP contribution in [0.1, 0.15) is 18.1 Å². The molecule has 0 fully saturated rings. The van der Waals surface area contributed by atoms with Crippen LogP contribution in [0.3, 0.4) is 0 Å². The summed E-state index contributed by atoms with van der Waals surface area (Å²) in [6.45, 7) is 4.34. The van der Waals surface area contributed by atoms with Crippen molar-refractivity contribution in [3.05, 3.63) is 107 Å². The third kappa shape index (κ3) is 5.03. The first-order chi connectivity index (χ1) is 16.0. The molecule has 0 spiro atoms. The summed E-state index contributed by atoms with van der Waals surface area (Å²) in [4.78, 5) is 0. The van der Waals surface area contributed by atoms with Crippen LogP contribution in [0, 0.1) is 24.4 Å². The van der Waals surface area contributed by atoms with E-state index in [2.05, 4.69) is 0 Å². The van der Waals surface area contributed by atoms with Crippen LogP contribution in [0.5, 0.6) is 11.5 Å². The first-order valence-corrected chi connectivity index (χ1v) is 10.7. The van der Waals surface area contributed by atoms with Gasteiger partial charge in [0.05, 0.1) is 6.61 Å². The second-order valence-corrected chi connectivity index (χ2v) is 7.67. The lowest BCUT2D eigenvalue weighted by molar-refractivity contribution is 0.287. The molecule has 4 rings (SSSR count). The van der Waals surface area contributed by atoms with E-state index in [4.69, 9.17) is 9.47 Å². The van der Waals surface area contributed by atoms with Gasteiger partial charge < -0.3 is 9.47 Å². The normalized spacial score (nSPS) is 10.8. The molecule has 0 aliphatic carbocycles. The molecule has 0 bridgehead atoms. The SMILES string of the molecule is CCOc1ccc(OCc2ccc(-c3ccc(-c4ccc(C)cc4)c(F)c3F)cc2)c(F)c1. The zero-order valence-electron chi connectivity index (χ0n) is 18.4. The standard InChI is InChI=1S/C28H23F3O2/c1-3-32-22-12-15-26(25(29)16-22)33-17-19-6-10-21(11-7-19)24-14-13-23(27(30)28(24)31)20-8-4-18(2)5-9-20/h4-16H,3,17H2,1-2H3. The Hall–Kier alpha value is -3.73. The van der Waals surface area contributed by atoms with Gasteiger partial charge in [-0.3, -0.25) is 0 Å². The van der Waals surface area contributed by atoms with E-state index < -0.39 is 17.5 Å². The molecule has 0 heterocycles. The first kappa shape index (κ1) is 22.5. The second-order valence-electron chi connectivity index (χ2n) is 7.67. The van der Waals surface area contributed by atoms with Crippen LogP contribution in [-0.4, -0.2) is 6.61 Å². The quantitative estimate of drug-likeness (QED) is 0.288. The van der Waals surface area contributed by atoms with Crippen LogP contribution < -0.4 is 9.47 Å². The van der Waals surface area contributed by atoms with Gasteiger partial charge in [0, 0.05) is 17.2 Å². The molecule has 0 N–H and O–H groups in total. The molecular formula is C28H23F3O2. The molecule has 4 aromatic rings. The average Bonchev–Trinajstić information content (AvgIpc) is 2.82. The van der Waals surface area contributed by atoms with Gasteiger partial charge in [-0.2, -0.15) is 0 Å². The van der Waals surface area contributed by atoms with Crippen molar-refractivity contribution in [2.45, 2.75) is 20.5 Å². The number of hydrogen-bond donors (Lipinski definition) is 0. The van der Waals surface area contributed by atoms with E-state index in [9.17, 15) is 13.2 Å². The largest absolute Gasteiger partial charge is 0.494 e. The third-order valence-electron chi connectivity index (χ3n) is 5.32. The zero-order valence-corrected chi connectivity index (χ0v) is 18.4. The fraction of sp³-hybridized carbons (Fsp3) is 0.143. The maximum Gasteiger partial charge on any atom is 0.168 e. The van der Waals surface area contributed by atoms with Crippen LogP contribution >= 0.6 is 0 Å². The van der Waals surface area contributed by atoms with Crippen molar-refractivity contribution < 1.29 is 22.6 Å². The van der Waals surface area contributed by atoms with Crippen molar-refractivity contribution in [2.75, 3.05) is 6.61 Å². The molecule has 0 saturated carbocycles. The molecule has 2 nitrogen and oxygen atoms in total. The highest BCUT2D eigenvalue weighted by atomic mass is 19.2.